The van der Waals surface area contributed by atoms with Gasteiger partial charge in [0, 0.05) is 19.5 Å². The van der Waals surface area contributed by atoms with Gasteiger partial charge in [-0.05, 0) is 0 Å². The average Bonchev–Trinajstić information content (AvgIpc) is 2.74. The molecule has 0 aliphatic carbocycles. The van der Waals surface area contributed by atoms with Crippen LogP contribution in [0.5, 0.6) is 0 Å². The molecule has 8 N–H and O–H groups in total. The summed E-state index contributed by atoms with van der Waals surface area (Å²) in [4.78, 5) is 13.1. The van der Waals surface area contributed by atoms with Gasteiger partial charge < -0.3 is 55.3 Å². The van der Waals surface area contributed by atoms with Gasteiger partial charge >= 0.3 is 6.03 Å². The molecule has 2 heterocycles. The predicted octanol–water partition coefficient (Wildman–Crippen LogP) is -4.51. The van der Waals surface area contributed by atoms with Crippen molar-refractivity contribution in [2.75, 3.05) is 32.7 Å². The van der Waals surface area contributed by atoms with E-state index in [-0.39, 0.29) is 12.4 Å². The first-order chi connectivity index (χ1) is 14.2. The summed E-state index contributed by atoms with van der Waals surface area (Å²) in [5.74, 6) is 0.157. The second kappa shape index (κ2) is 11.2. The number of halogens is 1. The van der Waals surface area contributed by atoms with Gasteiger partial charge in [0.1, 0.15) is 48.8 Å². The highest BCUT2D eigenvalue weighted by Crippen LogP contribution is 2.29. The van der Waals surface area contributed by atoms with Crippen LogP contribution in [0, 0.1) is 0 Å². The SMILES string of the molecule is CN(C(=O)NCCCl)C1O[C@H](CO)[C@@H](O[C@H]2O[C@H](CO)[C@@H](O)[C@H](O)[C@H]2O)[C@H](O)[C@H]1O. The van der Waals surface area contributed by atoms with Crippen molar-refractivity contribution in [2.45, 2.75) is 61.3 Å². The minimum atomic E-state index is -1.76. The zero-order valence-corrected chi connectivity index (χ0v) is 16.9. The van der Waals surface area contributed by atoms with Gasteiger partial charge in [-0.25, -0.2) is 4.79 Å². The van der Waals surface area contributed by atoms with Crippen LogP contribution in [-0.4, -0.2) is 141 Å². The van der Waals surface area contributed by atoms with Gasteiger partial charge in [-0.15, -0.1) is 11.6 Å². The molecule has 0 aromatic carbocycles. The van der Waals surface area contributed by atoms with E-state index in [2.05, 4.69) is 5.32 Å². The summed E-state index contributed by atoms with van der Waals surface area (Å²) in [5, 5.41) is 72.1. The minimum absolute atomic E-state index is 0.155. The molecule has 30 heavy (non-hydrogen) atoms. The number of alkyl halides is 1. The van der Waals surface area contributed by atoms with E-state index >= 15 is 0 Å². The Labute approximate surface area is 177 Å². The summed E-state index contributed by atoms with van der Waals surface area (Å²) in [6.45, 7) is -1.23. The summed E-state index contributed by atoms with van der Waals surface area (Å²) >= 11 is 5.51. The number of urea groups is 1. The van der Waals surface area contributed by atoms with Gasteiger partial charge in [0.15, 0.2) is 12.5 Å². The third-order valence-electron chi connectivity index (χ3n) is 5.05. The summed E-state index contributed by atoms with van der Waals surface area (Å²) in [6.07, 6.45) is -15.4. The molecule has 0 radical (unpaired) electrons. The highest BCUT2D eigenvalue weighted by molar-refractivity contribution is 6.18. The maximum Gasteiger partial charge on any atom is 0.319 e. The van der Waals surface area contributed by atoms with Crippen molar-refractivity contribution in [3.63, 3.8) is 0 Å². The monoisotopic (exact) mass is 460 g/mol. The van der Waals surface area contributed by atoms with Gasteiger partial charge in [0.25, 0.3) is 0 Å². The van der Waals surface area contributed by atoms with Gasteiger partial charge in [-0.1, -0.05) is 0 Å². The molecule has 2 amide bonds. The van der Waals surface area contributed by atoms with Crippen LogP contribution in [0.3, 0.4) is 0 Å². The number of rotatable bonds is 7. The number of likely N-dealkylation sites (N-methyl/N-ethyl adjacent to an activating group) is 1. The van der Waals surface area contributed by atoms with E-state index in [9.17, 15) is 40.5 Å². The lowest BCUT2D eigenvalue weighted by Crippen LogP contribution is -2.67. The highest BCUT2D eigenvalue weighted by Gasteiger charge is 2.51. The molecule has 2 aliphatic heterocycles. The molecule has 176 valence electrons. The molecule has 2 fully saturated rings. The summed E-state index contributed by atoms with van der Waals surface area (Å²) in [5.41, 5.74) is 0. The van der Waals surface area contributed by atoms with Crippen LogP contribution in [0.25, 0.3) is 0 Å². The summed E-state index contributed by atoms with van der Waals surface area (Å²) in [6, 6.07) is -0.642. The van der Waals surface area contributed by atoms with Crippen LogP contribution in [0.1, 0.15) is 0 Å². The smallest absolute Gasteiger partial charge is 0.319 e. The number of aliphatic hydroxyl groups excluding tert-OH is 7. The zero-order valence-electron chi connectivity index (χ0n) is 16.2. The molecular formula is C16H29ClN2O11. The molecule has 0 bridgehead atoms. The number of carbonyl (C=O) groups excluding carboxylic acids is 1. The van der Waals surface area contributed by atoms with Crippen LogP contribution in [0.4, 0.5) is 4.79 Å². The average molecular weight is 461 g/mol. The van der Waals surface area contributed by atoms with Crippen molar-refractivity contribution in [1.29, 1.82) is 0 Å². The molecule has 13 nitrogen and oxygen atoms in total. The van der Waals surface area contributed by atoms with E-state index in [1.165, 1.54) is 7.05 Å². The lowest BCUT2D eigenvalue weighted by molar-refractivity contribution is -0.346. The number of ether oxygens (including phenoxy) is 3. The number of hydrogen-bond donors (Lipinski definition) is 8. The molecule has 2 aliphatic rings. The van der Waals surface area contributed by atoms with Crippen molar-refractivity contribution in [1.82, 2.24) is 10.2 Å². The van der Waals surface area contributed by atoms with Crippen LogP contribution >= 0.6 is 11.6 Å². The fraction of sp³-hybridized carbons (Fsp3) is 0.938. The summed E-state index contributed by atoms with van der Waals surface area (Å²) < 4.78 is 16.2. The Morgan fingerprint density at radius 1 is 0.967 bits per heavy atom. The Balaban J connectivity index is 2.12. The van der Waals surface area contributed by atoms with Crippen molar-refractivity contribution < 1.29 is 54.8 Å². The topological polar surface area (TPSA) is 202 Å². The Morgan fingerprint density at radius 3 is 2.17 bits per heavy atom. The van der Waals surface area contributed by atoms with E-state index in [0.29, 0.717) is 0 Å². The van der Waals surface area contributed by atoms with Gasteiger partial charge in [-0.2, -0.15) is 0 Å². The van der Waals surface area contributed by atoms with Gasteiger partial charge in [-0.3, -0.25) is 4.90 Å². The molecule has 2 rings (SSSR count). The summed E-state index contributed by atoms with van der Waals surface area (Å²) in [7, 11) is 1.30. The maximum absolute atomic E-state index is 12.1. The van der Waals surface area contributed by atoms with Crippen molar-refractivity contribution in [2.24, 2.45) is 0 Å². The Morgan fingerprint density at radius 2 is 1.60 bits per heavy atom. The van der Waals surface area contributed by atoms with Crippen LogP contribution in [0.15, 0.2) is 0 Å². The third kappa shape index (κ3) is 5.31. The minimum Gasteiger partial charge on any atom is -0.394 e. The number of hydrogen-bond acceptors (Lipinski definition) is 11. The second-order valence-electron chi connectivity index (χ2n) is 7.06. The molecule has 0 aromatic heterocycles. The molecule has 0 aromatic rings. The molecule has 10 atom stereocenters. The zero-order chi connectivity index (χ0) is 22.6. The molecule has 0 saturated carbocycles. The quantitative estimate of drug-likeness (QED) is 0.170. The van der Waals surface area contributed by atoms with Crippen molar-refractivity contribution in [3.05, 3.63) is 0 Å². The van der Waals surface area contributed by atoms with Crippen LogP contribution in [0.2, 0.25) is 0 Å². The van der Waals surface area contributed by atoms with Gasteiger partial charge in [0.2, 0.25) is 0 Å². The number of nitrogens with one attached hydrogen (secondary N) is 1. The standard InChI is InChI=1S/C16H29ClN2O11/c1-19(16(27)18-3-2-17)14-11(25)10(24)13(7(5-21)28-14)30-15-12(26)9(23)8(22)6(4-20)29-15/h6-15,20-26H,2-5H2,1H3,(H,18,27)/t6-,7-,8-,9+,10-,11-,12-,13-,14?,15-/m1/s1. The normalized spacial score (nSPS) is 42.0. The molecule has 14 heteroatoms. The Bertz CT molecular complexity index is 557. The predicted molar refractivity (Wildman–Crippen MR) is 98.3 cm³/mol. The number of carbonyl (C=O) groups is 1. The number of nitrogens with zero attached hydrogens (tertiary/aromatic N) is 1. The van der Waals surface area contributed by atoms with Crippen LogP contribution < -0.4 is 5.32 Å². The second-order valence-corrected chi connectivity index (χ2v) is 7.44. The van der Waals surface area contributed by atoms with E-state index in [1.54, 1.807) is 0 Å². The van der Waals surface area contributed by atoms with E-state index < -0.39 is 80.6 Å². The molecule has 1 unspecified atom stereocenters. The number of aliphatic hydroxyl groups is 7. The van der Waals surface area contributed by atoms with Crippen molar-refractivity contribution >= 4 is 17.6 Å². The fourth-order valence-electron chi connectivity index (χ4n) is 3.28. The lowest BCUT2D eigenvalue weighted by atomic mass is 9.96. The van der Waals surface area contributed by atoms with Crippen LogP contribution in [-0.2, 0) is 14.2 Å². The van der Waals surface area contributed by atoms with E-state index in [0.717, 1.165) is 4.90 Å². The van der Waals surface area contributed by atoms with Crippen molar-refractivity contribution in [3.8, 4) is 0 Å². The van der Waals surface area contributed by atoms with Gasteiger partial charge in [0.05, 0.1) is 13.2 Å². The Hall–Kier alpha value is -0.840. The lowest BCUT2D eigenvalue weighted by Gasteiger charge is -2.47. The molecule has 0 spiro atoms. The molecular weight excluding hydrogens is 432 g/mol. The largest absolute Gasteiger partial charge is 0.394 e. The van der Waals surface area contributed by atoms with E-state index in [4.69, 9.17) is 25.8 Å². The van der Waals surface area contributed by atoms with E-state index in [1.807, 2.05) is 0 Å². The first kappa shape index (κ1) is 25.4. The Kier molecular flexibility index (Phi) is 9.45. The first-order valence-electron chi connectivity index (χ1n) is 9.32. The fourth-order valence-corrected chi connectivity index (χ4v) is 3.38. The maximum atomic E-state index is 12.1. The first-order valence-corrected chi connectivity index (χ1v) is 9.86. The third-order valence-corrected chi connectivity index (χ3v) is 5.24. The number of amides is 2. The highest BCUT2D eigenvalue weighted by atomic mass is 35.5. The molecule has 2 saturated heterocycles.